The minimum atomic E-state index is -0.145. The van der Waals surface area contributed by atoms with E-state index in [4.69, 9.17) is 9.47 Å². The van der Waals surface area contributed by atoms with Gasteiger partial charge in [0.05, 0.1) is 11.7 Å². The second kappa shape index (κ2) is 8.92. The van der Waals surface area contributed by atoms with E-state index in [1.807, 2.05) is 0 Å². The lowest BCUT2D eigenvalue weighted by Gasteiger charge is -2.30. The van der Waals surface area contributed by atoms with Gasteiger partial charge < -0.3 is 25.0 Å². The van der Waals surface area contributed by atoms with E-state index in [1.54, 1.807) is 37.3 Å². The zero-order chi connectivity index (χ0) is 20.3. The summed E-state index contributed by atoms with van der Waals surface area (Å²) in [6.07, 6.45) is 1.79. The summed E-state index contributed by atoms with van der Waals surface area (Å²) in [4.78, 5) is 26.9. The number of benzene rings is 1. The van der Waals surface area contributed by atoms with Crippen LogP contribution in [0.15, 0.2) is 18.2 Å². The van der Waals surface area contributed by atoms with Crippen molar-refractivity contribution < 1.29 is 19.1 Å². The van der Waals surface area contributed by atoms with Gasteiger partial charge in [-0.1, -0.05) is 6.92 Å². The van der Waals surface area contributed by atoms with Gasteiger partial charge in [0.2, 0.25) is 5.91 Å². The molecule has 2 amide bonds. The van der Waals surface area contributed by atoms with E-state index in [9.17, 15) is 9.59 Å². The molecule has 28 heavy (non-hydrogen) atoms. The van der Waals surface area contributed by atoms with Gasteiger partial charge in [-0.2, -0.15) is 0 Å². The first kappa shape index (κ1) is 20.6. The number of carbonyl (C=O) groups is 2. The summed E-state index contributed by atoms with van der Waals surface area (Å²) in [5.74, 6) is 0.739. The van der Waals surface area contributed by atoms with Gasteiger partial charge in [0, 0.05) is 44.9 Å². The molecule has 1 aliphatic heterocycles. The molecule has 0 spiro atoms. The first-order valence-electron chi connectivity index (χ1n) is 9.98. The first-order chi connectivity index (χ1) is 13.4. The number of rotatable bonds is 3. The van der Waals surface area contributed by atoms with Crippen molar-refractivity contribution in [1.82, 2.24) is 10.2 Å². The third-order valence-electron chi connectivity index (χ3n) is 5.44. The summed E-state index contributed by atoms with van der Waals surface area (Å²) < 4.78 is 11.6. The molecule has 0 bridgehead atoms. The van der Waals surface area contributed by atoms with E-state index in [2.05, 4.69) is 24.5 Å². The molecule has 3 atom stereocenters. The van der Waals surface area contributed by atoms with Crippen LogP contribution >= 0.6 is 0 Å². The summed E-state index contributed by atoms with van der Waals surface area (Å²) in [6.45, 7) is 5.87. The summed E-state index contributed by atoms with van der Waals surface area (Å²) >= 11 is 0. The molecule has 2 aliphatic rings. The molecule has 1 aromatic rings. The van der Waals surface area contributed by atoms with E-state index < -0.39 is 0 Å². The van der Waals surface area contributed by atoms with Gasteiger partial charge in [-0.3, -0.25) is 9.59 Å². The van der Waals surface area contributed by atoms with Gasteiger partial charge in [0.1, 0.15) is 12.4 Å². The maximum absolute atomic E-state index is 13.1. The topological polar surface area (TPSA) is 79.9 Å². The number of likely N-dealkylation sites (N-methyl/N-ethyl adjacent to an activating group) is 1. The lowest BCUT2D eigenvalue weighted by Crippen LogP contribution is -2.44. The third kappa shape index (κ3) is 5.02. The monoisotopic (exact) mass is 389 g/mol. The Labute approximate surface area is 166 Å². The van der Waals surface area contributed by atoms with Crippen LogP contribution in [0.1, 0.15) is 37.0 Å². The van der Waals surface area contributed by atoms with E-state index >= 15 is 0 Å². The highest BCUT2D eigenvalue weighted by Crippen LogP contribution is 2.31. The van der Waals surface area contributed by atoms with Crippen molar-refractivity contribution in [2.75, 3.05) is 39.2 Å². The zero-order valence-electron chi connectivity index (χ0n) is 17.2. The molecule has 154 valence electrons. The molecular weight excluding hydrogens is 358 g/mol. The largest absolute Gasteiger partial charge is 0.491 e. The van der Waals surface area contributed by atoms with Crippen LogP contribution in [0.2, 0.25) is 0 Å². The highest BCUT2D eigenvalue weighted by molar-refractivity contribution is 6.00. The predicted octanol–water partition coefficient (Wildman–Crippen LogP) is 2.13. The molecule has 0 saturated heterocycles. The van der Waals surface area contributed by atoms with E-state index in [-0.39, 0.29) is 35.8 Å². The SMILES string of the molecule is CO[C@H]1CN(C)C(=O)c2cc(NC(=O)C3CC3)ccc2OC[C@@H](C)NC[C@@H]1C. The summed E-state index contributed by atoms with van der Waals surface area (Å²) in [7, 11) is 3.44. The molecule has 0 aromatic heterocycles. The Morgan fingerprint density at radius 3 is 2.75 bits per heavy atom. The number of anilines is 1. The first-order valence-corrected chi connectivity index (χ1v) is 9.98. The van der Waals surface area contributed by atoms with Crippen LogP contribution in [0.3, 0.4) is 0 Å². The Kier molecular flexibility index (Phi) is 6.57. The number of fused-ring (bicyclic) bond motifs is 1. The Bertz CT molecular complexity index is 720. The quantitative estimate of drug-likeness (QED) is 0.828. The summed E-state index contributed by atoms with van der Waals surface area (Å²) in [6, 6.07) is 5.40. The van der Waals surface area contributed by atoms with Gasteiger partial charge in [-0.15, -0.1) is 0 Å². The lowest BCUT2D eigenvalue weighted by atomic mass is 10.0. The van der Waals surface area contributed by atoms with Gasteiger partial charge in [0.25, 0.3) is 5.91 Å². The molecule has 7 nitrogen and oxygen atoms in total. The van der Waals surface area contributed by atoms with Crippen molar-refractivity contribution in [3.8, 4) is 5.75 Å². The number of methoxy groups -OCH3 is 1. The fourth-order valence-electron chi connectivity index (χ4n) is 3.33. The molecule has 3 rings (SSSR count). The average molecular weight is 389 g/mol. The molecule has 2 N–H and O–H groups in total. The van der Waals surface area contributed by atoms with Crippen LogP contribution in [0, 0.1) is 11.8 Å². The minimum Gasteiger partial charge on any atom is -0.491 e. The van der Waals surface area contributed by atoms with Crippen LogP contribution in [0.25, 0.3) is 0 Å². The fraction of sp³-hybridized carbons (Fsp3) is 0.619. The lowest BCUT2D eigenvalue weighted by molar-refractivity contribution is -0.117. The highest BCUT2D eigenvalue weighted by atomic mass is 16.5. The normalized spacial score (nSPS) is 26.5. The van der Waals surface area contributed by atoms with Gasteiger partial charge in [0.15, 0.2) is 0 Å². The van der Waals surface area contributed by atoms with Crippen molar-refractivity contribution >= 4 is 17.5 Å². The maximum Gasteiger partial charge on any atom is 0.257 e. The Hall–Kier alpha value is -2.12. The van der Waals surface area contributed by atoms with Crippen LogP contribution in [-0.2, 0) is 9.53 Å². The van der Waals surface area contributed by atoms with Gasteiger partial charge in [-0.25, -0.2) is 0 Å². The Morgan fingerprint density at radius 1 is 1.32 bits per heavy atom. The molecule has 1 aromatic carbocycles. The number of hydrogen-bond acceptors (Lipinski definition) is 5. The number of amides is 2. The second-order valence-electron chi connectivity index (χ2n) is 8.03. The number of nitrogens with zero attached hydrogens (tertiary/aromatic N) is 1. The van der Waals surface area contributed by atoms with Crippen molar-refractivity contribution in [2.45, 2.75) is 38.8 Å². The van der Waals surface area contributed by atoms with Crippen molar-refractivity contribution in [3.05, 3.63) is 23.8 Å². The van der Waals surface area contributed by atoms with Crippen molar-refractivity contribution in [2.24, 2.45) is 11.8 Å². The molecule has 1 heterocycles. The molecule has 1 aliphatic carbocycles. The molecule has 0 radical (unpaired) electrons. The second-order valence-corrected chi connectivity index (χ2v) is 8.03. The van der Waals surface area contributed by atoms with Crippen molar-refractivity contribution in [1.29, 1.82) is 0 Å². The predicted molar refractivity (Wildman–Crippen MR) is 108 cm³/mol. The number of hydrogen-bond donors (Lipinski definition) is 2. The molecule has 7 heteroatoms. The zero-order valence-corrected chi connectivity index (χ0v) is 17.2. The summed E-state index contributed by atoms with van der Waals surface area (Å²) in [5, 5.41) is 6.37. The van der Waals surface area contributed by atoms with Crippen LogP contribution in [-0.4, -0.2) is 62.7 Å². The van der Waals surface area contributed by atoms with Crippen LogP contribution < -0.4 is 15.4 Å². The standard InChI is InChI=1S/C21H31N3O4/c1-13-10-22-14(2)12-28-18-8-7-16(23-20(25)15-5-6-15)9-17(18)21(26)24(3)11-19(13)27-4/h7-9,13-15,19,22H,5-6,10-12H2,1-4H3,(H,23,25)/t13-,14+,19-/m0/s1. The number of nitrogens with one attached hydrogen (secondary N) is 2. The molecular formula is C21H31N3O4. The molecule has 1 fully saturated rings. The number of ether oxygens (including phenoxy) is 2. The average Bonchev–Trinajstić information content (AvgIpc) is 3.53. The number of carbonyl (C=O) groups excluding carboxylic acids is 2. The maximum atomic E-state index is 13.1. The van der Waals surface area contributed by atoms with Crippen LogP contribution in [0.4, 0.5) is 5.69 Å². The van der Waals surface area contributed by atoms with Gasteiger partial charge in [-0.05, 0) is 43.9 Å². The fourth-order valence-corrected chi connectivity index (χ4v) is 3.33. The third-order valence-corrected chi connectivity index (χ3v) is 5.44. The van der Waals surface area contributed by atoms with Crippen LogP contribution in [0.5, 0.6) is 5.75 Å². The summed E-state index contributed by atoms with van der Waals surface area (Å²) in [5.41, 5.74) is 1.07. The molecule has 1 saturated carbocycles. The van der Waals surface area contributed by atoms with Crippen molar-refractivity contribution in [3.63, 3.8) is 0 Å². The molecule has 0 unspecified atom stereocenters. The Morgan fingerprint density at radius 2 is 2.07 bits per heavy atom. The van der Waals surface area contributed by atoms with E-state index in [1.165, 1.54) is 0 Å². The smallest absolute Gasteiger partial charge is 0.257 e. The van der Waals surface area contributed by atoms with Gasteiger partial charge >= 0.3 is 0 Å². The minimum absolute atomic E-state index is 0.0147. The highest BCUT2D eigenvalue weighted by Gasteiger charge is 2.30. The Balaban J connectivity index is 1.87. The van der Waals surface area contributed by atoms with E-state index in [0.29, 0.717) is 30.2 Å². The van der Waals surface area contributed by atoms with E-state index in [0.717, 1.165) is 19.4 Å².